The van der Waals surface area contributed by atoms with Crippen LogP contribution in [0.2, 0.25) is 0 Å². The highest BCUT2D eigenvalue weighted by Crippen LogP contribution is 2.34. The van der Waals surface area contributed by atoms with Gasteiger partial charge >= 0.3 is 0 Å². The number of alkyl halides is 2. The van der Waals surface area contributed by atoms with Gasteiger partial charge in [-0.05, 0) is 39.7 Å². The van der Waals surface area contributed by atoms with Crippen molar-refractivity contribution in [2.75, 3.05) is 31.1 Å². The quantitative estimate of drug-likeness (QED) is 0.399. The Labute approximate surface area is 232 Å². The number of Topliss-reactive ketones (excluding diaryl/α,β-unsaturated/α-hetero) is 1. The van der Waals surface area contributed by atoms with Crippen molar-refractivity contribution in [2.45, 2.75) is 66.7 Å². The van der Waals surface area contributed by atoms with Crippen LogP contribution in [0.4, 0.5) is 14.6 Å². The third kappa shape index (κ3) is 10.8. The zero-order chi connectivity index (χ0) is 29.6. The fourth-order valence-electron chi connectivity index (χ4n) is 4.18. The van der Waals surface area contributed by atoms with Gasteiger partial charge in [-0.25, -0.2) is 13.8 Å². The van der Waals surface area contributed by atoms with E-state index < -0.39 is 5.92 Å². The topological polar surface area (TPSA) is 103 Å². The van der Waals surface area contributed by atoms with Crippen LogP contribution in [-0.4, -0.2) is 52.6 Å². The Morgan fingerprint density at radius 2 is 1.64 bits per heavy atom. The molecule has 1 saturated heterocycles. The lowest BCUT2D eigenvalue weighted by atomic mass is 9.98. The first-order valence-corrected chi connectivity index (χ1v) is 13.5. The highest BCUT2D eigenvalue weighted by atomic mass is 19.3. The van der Waals surface area contributed by atoms with E-state index in [1.165, 1.54) is 18.1 Å². The van der Waals surface area contributed by atoms with Crippen LogP contribution < -0.4 is 16.4 Å². The van der Waals surface area contributed by atoms with Crippen molar-refractivity contribution in [3.63, 3.8) is 0 Å². The van der Waals surface area contributed by atoms with E-state index >= 15 is 0 Å². The standard InChI is InChI=1S/C18H22F2N4O.C8H10.C2H8N2.C2H6/c1-12-15(14-9-22-23(3)11-14)10-21-17(16(12)13(2)25)24-7-4-5-18(19,20)6-8-24;1-7-4-3-5-8(2)6-7;3-1-2-4;1-2/h9-11H,4-8H2,1-3H3;3-6H,1-2H3;1-4H2;1-2H3. The Morgan fingerprint density at radius 3 is 2.10 bits per heavy atom. The first-order valence-electron chi connectivity index (χ1n) is 13.5. The summed E-state index contributed by atoms with van der Waals surface area (Å²) in [5.41, 5.74) is 15.5. The van der Waals surface area contributed by atoms with Crippen LogP contribution in [0.15, 0.2) is 42.9 Å². The lowest BCUT2D eigenvalue weighted by molar-refractivity contribution is -0.0102. The summed E-state index contributed by atoms with van der Waals surface area (Å²) in [7, 11) is 1.82. The molecule has 1 aliphatic heterocycles. The van der Waals surface area contributed by atoms with Gasteiger partial charge in [-0.15, -0.1) is 0 Å². The predicted molar refractivity (Wildman–Crippen MR) is 158 cm³/mol. The average molecular weight is 545 g/mol. The van der Waals surface area contributed by atoms with E-state index in [9.17, 15) is 13.6 Å². The molecule has 4 N–H and O–H groups in total. The second kappa shape index (κ2) is 16.7. The van der Waals surface area contributed by atoms with E-state index in [1.807, 2.05) is 38.9 Å². The molecule has 0 amide bonds. The summed E-state index contributed by atoms with van der Waals surface area (Å²) < 4.78 is 29.0. The van der Waals surface area contributed by atoms with Gasteiger partial charge in [-0.2, -0.15) is 5.10 Å². The van der Waals surface area contributed by atoms with E-state index in [-0.39, 0.29) is 25.2 Å². The van der Waals surface area contributed by atoms with Crippen LogP contribution in [0.5, 0.6) is 0 Å². The number of carbonyl (C=O) groups excluding carboxylic acids is 1. The smallest absolute Gasteiger partial charge is 0.249 e. The molecule has 0 unspecified atom stereocenters. The number of nitrogens with zero attached hydrogens (tertiary/aromatic N) is 4. The van der Waals surface area contributed by atoms with E-state index in [0.717, 1.165) is 16.7 Å². The number of aryl methyl sites for hydroxylation is 3. The van der Waals surface area contributed by atoms with Crippen molar-refractivity contribution in [3.05, 3.63) is 65.1 Å². The molecule has 0 aliphatic carbocycles. The Kier molecular flexibility index (Phi) is 14.5. The molecule has 0 saturated carbocycles. The largest absolute Gasteiger partial charge is 0.356 e. The highest BCUT2D eigenvalue weighted by molar-refractivity contribution is 6.02. The van der Waals surface area contributed by atoms with E-state index in [1.54, 1.807) is 17.1 Å². The van der Waals surface area contributed by atoms with Crippen molar-refractivity contribution in [2.24, 2.45) is 18.5 Å². The minimum Gasteiger partial charge on any atom is -0.356 e. The number of hydrogen-bond acceptors (Lipinski definition) is 6. The monoisotopic (exact) mass is 544 g/mol. The number of anilines is 1. The molecule has 0 atom stereocenters. The predicted octanol–water partition coefficient (Wildman–Crippen LogP) is 5.85. The minimum atomic E-state index is -2.64. The summed E-state index contributed by atoms with van der Waals surface area (Å²) in [4.78, 5) is 18.6. The van der Waals surface area contributed by atoms with Crippen molar-refractivity contribution >= 4 is 11.6 Å². The molecule has 9 heteroatoms. The normalized spacial score (nSPS) is 14.0. The second-order valence-corrected chi connectivity index (χ2v) is 9.39. The molecule has 0 spiro atoms. The molecule has 3 heterocycles. The van der Waals surface area contributed by atoms with Crippen LogP contribution in [0, 0.1) is 20.8 Å². The average Bonchev–Trinajstić information content (AvgIpc) is 3.24. The summed E-state index contributed by atoms with van der Waals surface area (Å²) in [6, 6.07) is 8.45. The van der Waals surface area contributed by atoms with E-state index in [2.05, 4.69) is 48.2 Å². The molecule has 2 aromatic heterocycles. The third-order valence-corrected chi connectivity index (χ3v) is 6.04. The summed E-state index contributed by atoms with van der Waals surface area (Å²) >= 11 is 0. The number of hydrogen-bond donors (Lipinski definition) is 2. The Balaban J connectivity index is 0.000000448. The lowest BCUT2D eigenvalue weighted by Gasteiger charge is -2.25. The molecular formula is C30H46F2N6O. The number of rotatable bonds is 4. The Morgan fingerprint density at radius 1 is 1.03 bits per heavy atom. The van der Waals surface area contributed by atoms with E-state index in [4.69, 9.17) is 11.5 Å². The third-order valence-electron chi connectivity index (χ3n) is 6.04. The van der Waals surface area contributed by atoms with Crippen LogP contribution in [0.25, 0.3) is 11.1 Å². The molecular weight excluding hydrogens is 498 g/mol. The molecule has 0 radical (unpaired) electrons. The first-order chi connectivity index (χ1) is 18.5. The number of carbonyl (C=O) groups is 1. The zero-order valence-electron chi connectivity index (χ0n) is 24.6. The summed E-state index contributed by atoms with van der Waals surface area (Å²) in [6.07, 6.45) is 5.34. The highest BCUT2D eigenvalue weighted by Gasteiger charge is 2.33. The molecule has 1 aromatic carbocycles. The van der Waals surface area contributed by atoms with Gasteiger partial charge in [0.2, 0.25) is 5.92 Å². The Bertz CT molecular complexity index is 1140. The SMILES string of the molecule is CC.CC(=O)c1c(N2CCCC(F)(F)CC2)ncc(-c2cnn(C)c2)c1C.Cc1cccc(C)c1.NCCN. The maximum absolute atomic E-state index is 13.7. The van der Waals surface area contributed by atoms with Gasteiger partial charge in [-0.3, -0.25) is 9.48 Å². The number of halogens is 2. The van der Waals surface area contributed by atoms with Crippen molar-refractivity contribution in [1.82, 2.24) is 14.8 Å². The second-order valence-electron chi connectivity index (χ2n) is 9.39. The fraction of sp³-hybridized carbons (Fsp3) is 0.500. The molecule has 1 fully saturated rings. The zero-order valence-corrected chi connectivity index (χ0v) is 24.6. The van der Waals surface area contributed by atoms with E-state index in [0.29, 0.717) is 37.4 Å². The number of ketones is 1. The lowest BCUT2D eigenvalue weighted by Crippen LogP contribution is -2.28. The van der Waals surface area contributed by atoms with Gasteiger partial charge in [0.15, 0.2) is 5.78 Å². The number of aromatic nitrogens is 3. The van der Waals surface area contributed by atoms with Crippen LogP contribution in [0.3, 0.4) is 0 Å². The van der Waals surface area contributed by atoms with Gasteiger partial charge < -0.3 is 16.4 Å². The summed E-state index contributed by atoms with van der Waals surface area (Å²) in [5, 5.41) is 4.16. The van der Waals surface area contributed by atoms with Gasteiger partial charge in [-0.1, -0.05) is 49.2 Å². The number of benzene rings is 1. The summed E-state index contributed by atoms with van der Waals surface area (Å²) in [6.45, 7) is 13.4. The maximum Gasteiger partial charge on any atom is 0.249 e. The first kappa shape index (κ1) is 33.9. The number of pyridine rings is 1. The minimum absolute atomic E-state index is 0.109. The number of nitrogens with two attached hydrogens (primary N) is 2. The molecule has 3 aromatic rings. The maximum atomic E-state index is 13.7. The Hall–Kier alpha value is -3.17. The molecule has 39 heavy (non-hydrogen) atoms. The van der Waals surface area contributed by atoms with Gasteiger partial charge in [0, 0.05) is 69.6 Å². The molecule has 4 rings (SSSR count). The van der Waals surface area contributed by atoms with Crippen molar-refractivity contribution in [1.29, 1.82) is 0 Å². The van der Waals surface area contributed by atoms with Gasteiger partial charge in [0.05, 0.1) is 11.8 Å². The van der Waals surface area contributed by atoms with Gasteiger partial charge in [0.25, 0.3) is 0 Å². The van der Waals surface area contributed by atoms with Crippen LogP contribution in [0.1, 0.15) is 67.1 Å². The molecule has 216 valence electrons. The van der Waals surface area contributed by atoms with Gasteiger partial charge in [0.1, 0.15) is 5.82 Å². The van der Waals surface area contributed by atoms with Crippen molar-refractivity contribution < 1.29 is 13.6 Å². The molecule has 7 nitrogen and oxygen atoms in total. The van der Waals surface area contributed by atoms with Crippen LogP contribution in [-0.2, 0) is 7.05 Å². The van der Waals surface area contributed by atoms with Crippen LogP contribution >= 0.6 is 0 Å². The van der Waals surface area contributed by atoms with Crippen molar-refractivity contribution in [3.8, 4) is 11.1 Å². The molecule has 1 aliphatic rings. The summed E-state index contributed by atoms with van der Waals surface area (Å²) in [5.74, 6) is -2.24. The molecule has 0 bridgehead atoms. The fourth-order valence-corrected chi connectivity index (χ4v) is 4.18.